The highest BCUT2D eigenvalue weighted by atomic mass is 79.9. The van der Waals surface area contributed by atoms with Crippen LogP contribution >= 0.6 is 15.9 Å². The third-order valence-corrected chi connectivity index (χ3v) is 2.17. The summed E-state index contributed by atoms with van der Waals surface area (Å²) in [7, 11) is 0. The number of hydrogen-bond acceptors (Lipinski definition) is 3. The van der Waals surface area contributed by atoms with Gasteiger partial charge < -0.3 is 5.32 Å². The van der Waals surface area contributed by atoms with Crippen LogP contribution in [0.4, 0.5) is 10.1 Å². The summed E-state index contributed by atoms with van der Waals surface area (Å²) in [5.41, 5.74) is 1.96. The Bertz CT molecular complexity index is 411. The third kappa shape index (κ3) is 3.00. The van der Waals surface area contributed by atoms with Gasteiger partial charge >= 0.3 is 11.8 Å². The van der Waals surface area contributed by atoms with E-state index in [0.29, 0.717) is 4.47 Å². The molecule has 80 valence electrons. The van der Waals surface area contributed by atoms with Crippen LogP contribution in [0.15, 0.2) is 22.7 Å². The lowest BCUT2D eigenvalue weighted by Gasteiger charge is -2.05. The fraction of sp³-hybridized carbons (Fsp3) is 0. The quantitative estimate of drug-likeness (QED) is 0.302. The van der Waals surface area contributed by atoms with Gasteiger partial charge in [0.25, 0.3) is 0 Å². The van der Waals surface area contributed by atoms with Crippen LogP contribution < -0.4 is 16.6 Å². The largest absolute Gasteiger partial charge is 0.323 e. The monoisotopic (exact) mass is 275 g/mol. The van der Waals surface area contributed by atoms with Crippen molar-refractivity contribution in [3.8, 4) is 0 Å². The number of nitrogens with two attached hydrogens (primary N) is 1. The highest BCUT2D eigenvalue weighted by molar-refractivity contribution is 9.10. The minimum Gasteiger partial charge on any atom is -0.317 e. The Morgan fingerprint density at radius 2 is 2.00 bits per heavy atom. The number of hydrogen-bond donors (Lipinski definition) is 3. The van der Waals surface area contributed by atoms with E-state index >= 15 is 0 Å². The number of carbonyl (C=O) groups excluding carboxylic acids is 2. The molecular weight excluding hydrogens is 269 g/mol. The summed E-state index contributed by atoms with van der Waals surface area (Å²) in [5, 5.41) is 2.24. The molecule has 2 amide bonds. The Morgan fingerprint density at radius 3 is 2.53 bits per heavy atom. The molecule has 0 bridgehead atoms. The summed E-state index contributed by atoms with van der Waals surface area (Å²) < 4.78 is 13.0. The van der Waals surface area contributed by atoms with Crippen molar-refractivity contribution in [2.24, 2.45) is 5.84 Å². The van der Waals surface area contributed by atoms with Crippen LogP contribution in [0.25, 0.3) is 0 Å². The van der Waals surface area contributed by atoms with Crippen molar-refractivity contribution in [1.82, 2.24) is 5.43 Å². The zero-order chi connectivity index (χ0) is 11.4. The lowest BCUT2D eigenvalue weighted by molar-refractivity contribution is -0.136. The molecule has 4 N–H and O–H groups in total. The lowest BCUT2D eigenvalue weighted by Crippen LogP contribution is -2.39. The number of halogens is 2. The zero-order valence-corrected chi connectivity index (χ0v) is 8.97. The van der Waals surface area contributed by atoms with Crippen molar-refractivity contribution >= 4 is 33.4 Å². The fourth-order valence-electron chi connectivity index (χ4n) is 0.835. The molecule has 0 aliphatic rings. The average Bonchev–Trinajstić information content (AvgIpc) is 2.20. The lowest BCUT2D eigenvalue weighted by atomic mass is 10.3. The highest BCUT2D eigenvalue weighted by Crippen LogP contribution is 2.22. The van der Waals surface area contributed by atoms with E-state index in [4.69, 9.17) is 5.84 Å². The van der Waals surface area contributed by atoms with Crippen molar-refractivity contribution < 1.29 is 14.0 Å². The molecule has 1 aromatic rings. The highest BCUT2D eigenvalue weighted by Gasteiger charge is 2.13. The van der Waals surface area contributed by atoms with Crippen molar-refractivity contribution in [3.63, 3.8) is 0 Å². The van der Waals surface area contributed by atoms with Crippen LogP contribution in [-0.2, 0) is 9.59 Å². The Balaban J connectivity index is 2.81. The first-order chi connectivity index (χ1) is 7.04. The Hall–Kier alpha value is -1.47. The minimum atomic E-state index is -0.980. The minimum absolute atomic E-state index is 0.282. The van der Waals surface area contributed by atoms with Gasteiger partial charge in [0.2, 0.25) is 0 Å². The van der Waals surface area contributed by atoms with E-state index in [9.17, 15) is 14.0 Å². The molecule has 0 spiro atoms. The molecule has 15 heavy (non-hydrogen) atoms. The predicted octanol–water partition coefficient (Wildman–Crippen LogP) is 0.517. The van der Waals surface area contributed by atoms with Gasteiger partial charge in [-0.25, -0.2) is 10.2 Å². The second-order valence-corrected chi connectivity index (χ2v) is 3.41. The Labute approximate surface area is 92.9 Å². The van der Waals surface area contributed by atoms with Gasteiger partial charge in [0.1, 0.15) is 5.82 Å². The molecule has 0 fully saturated rings. The van der Waals surface area contributed by atoms with Crippen LogP contribution in [0.2, 0.25) is 0 Å². The molecular formula is C8H7BrFN3O2. The Kier molecular flexibility index (Phi) is 3.75. The number of nitrogens with one attached hydrogen (secondary N) is 2. The SMILES string of the molecule is NNC(=O)C(=O)Nc1ccc(F)cc1Br. The van der Waals surface area contributed by atoms with Gasteiger partial charge in [0.15, 0.2) is 0 Å². The Morgan fingerprint density at radius 1 is 1.33 bits per heavy atom. The number of anilines is 1. The van der Waals surface area contributed by atoms with Crippen molar-refractivity contribution in [2.75, 3.05) is 5.32 Å². The van der Waals surface area contributed by atoms with E-state index in [1.54, 1.807) is 5.43 Å². The van der Waals surface area contributed by atoms with Crippen molar-refractivity contribution in [3.05, 3.63) is 28.5 Å². The van der Waals surface area contributed by atoms with Gasteiger partial charge in [-0.2, -0.15) is 0 Å². The fourth-order valence-corrected chi connectivity index (χ4v) is 1.29. The summed E-state index contributed by atoms with van der Waals surface area (Å²) in [6.07, 6.45) is 0. The molecule has 5 nitrogen and oxygen atoms in total. The molecule has 0 saturated carbocycles. The van der Waals surface area contributed by atoms with E-state index < -0.39 is 17.6 Å². The first kappa shape index (κ1) is 11.6. The van der Waals surface area contributed by atoms with Gasteiger partial charge in [0, 0.05) is 4.47 Å². The average molecular weight is 276 g/mol. The van der Waals surface area contributed by atoms with Gasteiger partial charge in [-0.1, -0.05) is 0 Å². The maximum atomic E-state index is 12.7. The number of hydrazine groups is 1. The van der Waals surface area contributed by atoms with E-state index in [-0.39, 0.29) is 5.69 Å². The van der Waals surface area contributed by atoms with E-state index in [0.717, 1.165) is 12.1 Å². The van der Waals surface area contributed by atoms with Crippen molar-refractivity contribution in [1.29, 1.82) is 0 Å². The van der Waals surface area contributed by atoms with Gasteiger partial charge in [-0.3, -0.25) is 15.0 Å². The van der Waals surface area contributed by atoms with Crippen LogP contribution in [0, 0.1) is 5.82 Å². The summed E-state index contributed by atoms with van der Waals surface area (Å²) in [5.74, 6) is 2.39. The standard InChI is InChI=1S/C8H7BrFN3O2/c9-5-3-4(10)1-2-6(5)12-7(14)8(15)13-11/h1-3H,11H2,(H,12,14)(H,13,15). The molecule has 1 rings (SSSR count). The number of amides is 2. The smallest absolute Gasteiger partial charge is 0.317 e. The predicted molar refractivity (Wildman–Crippen MR) is 55.1 cm³/mol. The summed E-state index contributed by atoms with van der Waals surface area (Å²) >= 11 is 3.03. The summed E-state index contributed by atoms with van der Waals surface area (Å²) in [4.78, 5) is 21.8. The second kappa shape index (κ2) is 4.85. The summed E-state index contributed by atoms with van der Waals surface area (Å²) in [6.45, 7) is 0. The first-order valence-electron chi connectivity index (χ1n) is 3.81. The molecule has 0 aromatic heterocycles. The normalized spacial score (nSPS) is 9.53. The second-order valence-electron chi connectivity index (χ2n) is 2.55. The van der Waals surface area contributed by atoms with Crippen LogP contribution in [0.1, 0.15) is 0 Å². The van der Waals surface area contributed by atoms with Crippen molar-refractivity contribution in [2.45, 2.75) is 0 Å². The van der Waals surface area contributed by atoms with Gasteiger partial charge in [-0.15, -0.1) is 0 Å². The number of benzene rings is 1. The molecule has 0 atom stereocenters. The topological polar surface area (TPSA) is 84.2 Å². The molecule has 1 aromatic carbocycles. The molecule has 0 radical (unpaired) electrons. The number of rotatable bonds is 1. The maximum Gasteiger partial charge on any atom is 0.323 e. The maximum absolute atomic E-state index is 12.7. The van der Waals surface area contributed by atoms with E-state index in [1.807, 2.05) is 0 Å². The molecule has 0 unspecified atom stereocenters. The van der Waals surface area contributed by atoms with Crippen LogP contribution in [-0.4, -0.2) is 11.8 Å². The third-order valence-electron chi connectivity index (χ3n) is 1.52. The molecule has 7 heteroatoms. The summed E-state index contributed by atoms with van der Waals surface area (Å²) in [6, 6.07) is 3.64. The molecule has 0 saturated heterocycles. The molecule has 0 aliphatic heterocycles. The molecule has 0 aliphatic carbocycles. The zero-order valence-electron chi connectivity index (χ0n) is 7.38. The number of carbonyl (C=O) groups is 2. The van der Waals surface area contributed by atoms with Gasteiger partial charge in [0.05, 0.1) is 5.69 Å². The van der Waals surface area contributed by atoms with Gasteiger partial charge in [-0.05, 0) is 34.1 Å². The van der Waals surface area contributed by atoms with E-state index in [1.165, 1.54) is 6.07 Å². The van der Waals surface area contributed by atoms with E-state index in [2.05, 4.69) is 21.2 Å². The van der Waals surface area contributed by atoms with Crippen LogP contribution in [0.3, 0.4) is 0 Å². The molecule has 0 heterocycles. The van der Waals surface area contributed by atoms with Crippen LogP contribution in [0.5, 0.6) is 0 Å². The first-order valence-corrected chi connectivity index (χ1v) is 4.61.